The van der Waals surface area contributed by atoms with Crippen LogP contribution in [0.3, 0.4) is 0 Å². The molecule has 4 nitrogen and oxygen atoms in total. The number of hydrogen-bond acceptors (Lipinski definition) is 3. The van der Waals surface area contributed by atoms with Crippen molar-refractivity contribution in [1.29, 1.82) is 0 Å². The van der Waals surface area contributed by atoms with Crippen molar-refractivity contribution in [2.45, 2.75) is 33.6 Å². The van der Waals surface area contributed by atoms with Crippen molar-refractivity contribution >= 4 is 11.6 Å². The van der Waals surface area contributed by atoms with E-state index < -0.39 is 0 Å². The normalized spacial score (nSPS) is 10.3. The Morgan fingerprint density at radius 1 is 1.00 bits per heavy atom. The maximum Gasteiger partial charge on any atom is 0.224 e. The van der Waals surface area contributed by atoms with Crippen LogP contribution in [-0.4, -0.2) is 19.6 Å². The number of carbonyl (C=O) groups excluding carboxylic acids is 1. The maximum atomic E-state index is 12.1. The Labute approximate surface area is 143 Å². The zero-order valence-electron chi connectivity index (χ0n) is 14.8. The number of aryl methyl sites for hydroxylation is 3. The molecule has 0 saturated heterocycles. The van der Waals surface area contributed by atoms with Crippen LogP contribution in [0.4, 0.5) is 5.69 Å². The third-order valence-electron chi connectivity index (χ3n) is 3.78. The van der Waals surface area contributed by atoms with Crippen molar-refractivity contribution in [3.8, 4) is 11.5 Å². The van der Waals surface area contributed by atoms with Crippen LogP contribution in [0.15, 0.2) is 36.4 Å². The number of hydrogen-bond donors (Lipinski definition) is 1. The Morgan fingerprint density at radius 2 is 1.71 bits per heavy atom. The van der Waals surface area contributed by atoms with Gasteiger partial charge in [0.25, 0.3) is 0 Å². The molecule has 1 amide bonds. The summed E-state index contributed by atoms with van der Waals surface area (Å²) in [7, 11) is 1.60. The number of nitrogens with one attached hydrogen (secondary N) is 1. The minimum absolute atomic E-state index is 0.0385. The van der Waals surface area contributed by atoms with Crippen molar-refractivity contribution in [2.24, 2.45) is 0 Å². The molecule has 0 bridgehead atoms. The molecule has 0 unspecified atom stereocenters. The Bertz CT molecular complexity index is 710. The Hall–Kier alpha value is -2.49. The first kappa shape index (κ1) is 17.9. The fraction of sp³-hybridized carbons (Fsp3) is 0.350. The molecule has 4 heteroatoms. The van der Waals surface area contributed by atoms with Gasteiger partial charge in [0.15, 0.2) is 0 Å². The molecule has 2 aromatic carbocycles. The molecule has 0 spiro atoms. The van der Waals surface area contributed by atoms with Gasteiger partial charge >= 0.3 is 0 Å². The number of rotatable bonds is 7. The molecule has 2 aromatic rings. The predicted octanol–water partition coefficient (Wildman–Crippen LogP) is 4.42. The van der Waals surface area contributed by atoms with Crippen LogP contribution in [-0.2, 0) is 4.79 Å². The van der Waals surface area contributed by atoms with Gasteiger partial charge in [-0.25, -0.2) is 0 Å². The molecule has 0 aliphatic carbocycles. The van der Waals surface area contributed by atoms with Gasteiger partial charge in [0.1, 0.15) is 11.5 Å². The summed E-state index contributed by atoms with van der Waals surface area (Å²) in [5.74, 6) is 1.51. The molecular formula is C20H25NO3. The number of carbonyl (C=O) groups is 1. The molecule has 24 heavy (non-hydrogen) atoms. The fourth-order valence-corrected chi connectivity index (χ4v) is 2.41. The van der Waals surface area contributed by atoms with Crippen molar-refractivity contribution in [3.63, 3.8) is 0 Å². The lowest BCUT2D eigenvalue weighted by Gasteiger charge is -2.12. The van der Waals surface area contributed by atoms with Gasteiger partial charge in [-0.05, 0) is 62.1 Å². The van der Waals surface area contributed by atoms with Gasteiger partial charge in [0, 0.05) is 6.42 Å². The first-order valence-electron chi connectivity index (χ1n) is 8.14. The summed E-state index contributed by atoms with van der Waals surface area (Å²) in [5.41, 5.74) is 4.05. The van der Waals surface area contributed by atoms with Gasteiger partial charge in [0.05, 0.1) is 19.4 Å². The van der Waals surface area contributed by atoms with Crippen LogP contribution < -0.4 is 14.8 Å². The molecule has 0 aliphatic heterocycles. The van der Waals surface area contributed by atoms with E-state index in [1.165, 1.54) is 5.56 Å². The largest absolute Gasteiger partial charge is 0.495 e. The van der Waals surface area contributed by atoms with E-state index in [1.54, 1.807) is 7.11 Å². The highest BCUT2D eigenvalue weighted by molar-refractivity contribution is 5.92. The molecule has 128 valence electrons. The zero-order valence-corrected chi connectivity index (χ0v) is 14.8. The van der Waals surface area contributed by atoms with Crippen molar-refractivity contribution in [3.05, 3.63) is 53.1 Å². The molecule has 0 saturated carbocycles. The SMILES string of the molecule is COc1ccc(C)cc1NC(=O)CCCOc1cc(C)ccc1C. The van der Waals surface area contributed by atoms with Gasteiger partial charge in [-0.2, -0.15) is 0 Å². The highest BCUT2D eigenvalue weighted by atomic mass is 16.5. The van der Waals surface area contributed by atoms with Crippen LogP contribution in [0.25, 0.3) is 0 Å². The first-order valence-corrected chi connectivity index (χ1v) is 8.14. The molecule has 1 N–H and O–H groups in total. The van der Waals surface area contributed by atoms with E-state index in [9.17, 15) is 4.79 Å². The summed E-state index contributed by atoms with van der Waals surface area (Å²) in [6.45, 7) is 6.55. The topological polar surface area (TPSA) is 47.6 Å². The minimum Gasteiger partial charge on any atom is -0.495 e. The second-order valence-electron chi connectivity index (χ2n) is 5.97. The number of amides is 1. The molecular weight excluding hydrogens is 302 g/mol. The van der Waals surface area contributed by atoms with Crippen molar-refractivity contribution in [2.75, 3.05) is 19.0 Å². The van der Waals surface area contributed by atoms with Crippen LogP contribution in [0.1, 0.15) is 29.5 Å². The summed E-state index contributed by atoms with van der Waals surface area (Å²) in [5, 5.41) is 2.90. The van der Waals surface area contributed by atoms with E-state index in [-0.39, 0.29) is 5.91 Å². The number of methoxy groups -OCH3 is 1. The van der Waals surface area contributed by atoms with Gasteiger partial charge in [-0.15, -0.1) is 0 Å². The van der Waals surface area contributed by atoms with Gasteiger partial charge < -0.3 is 14.8 Å². The lowest BCUT2D eigenvalue weighted by molar-refractivity contribution is -0.116. The molecule has 0 aromatic heterocycles. The summed E-state index contributed by atoms with van der Waals surface area (Å²) >= 11 is 0. The number of benzene rings is 2. The van der Waals surface area contributed by atoms with E-state index in [4.69, 9.17) is 9.47 Å². The summed E-state index contributed by atoms with van der Waals surface area (Å²) in [6.07, 6.45) is 1.06. The molecule has 0 radical (unpaired) electrons. The highest BCUT2D eigenvalue weighted by Crippen LogP contribution is 2.25. The average Bonchev–Trinajstić information content (AvgIpc) is 2.55. The van der Waals surface area contributed by atoms with Crippen LogP contribution >= 0.6 is 0 Å². The Kier molecular flexibility index (Phi) is 6.24. The second-order valence-corrected chi connectivity index (χ2v) is 5.97. The third kappa shape index (κ3) is 5.01. The zero-order chi connectivity index (χ0) is 17.5. The summed E-state index contributed by atoms with van der Waals surface area (Å²) in [6, 6.07) is 11.8. The van der Waals surface area contributed by atoms with Crippen LogP contribution in [0.5, 0.6) is 11.5 Å². The van der Waals surface area contributed by atoms with E-state index in [1.807, 2.05) is 51.1 Å². The lowest BCUT2D eigenvalue weighted by atomic mass is 10.1. The first-order chi connectivity index (χ1) is 11.5. The number of ether oxygens (including phenoxy) is 2. The molecule has 0 aliphatic rings. The maximum absolute atomic E-state index is 12.1. The lowest BCUT2D eigenvalue weighted by Crippen LogP contribution is -2.13. The summed E-state index contributed by atoms with van der Waals surface area (Å²) in [4.78, 5) is 12.1. The third-order valence-corrected chi connectivity index (χ3v) is 3.78. The fourth-order valence-electron chi connectivity index (χ4n) is 2.41. The monoisotopic (exact) mass is 327 g/mol. The minimum atomic E-state index is -0.0385. The molecule has 0 fully saturated rings. The predicted molar refractivity (Wildman–Crippen MR) is 97.0 cm³/mol. The van der Waals surface area contributed by atoms with Gasteiger partial charge in [-0.3, -0.25) is 4.79 Å². The quantitative estimate of drug-likeness (QED) is 0.766. The van der Waals surface area contributed by atoms with E-state index >= 15 is 0 Å². The van der Waals surface area contributed by atoms with Crippen molar-refractivity contribution in [1.82, 2.24) is 0 Å². The van der Waals surface area contributed by atoms with Gasteiger partial charge in [-0.1, -0.05) is 18.2 Å². The van der Waals surface area contributed by atoms with Crippen LogP contribution in [0, 0.1) is 20.8 Å². The van der Waals surface area contributed by atoms with E-state index in [0.717, 1.165) is 16.9 Å². The standard InChI is InChI=1S/C20H25NO3/c1-14-8-10-18(23-4)17(12-14)21-20(22)6-5-11-24-19-13-15(2)7-9-16(19)3/h7-10,12-13H,5-6,11H2,1-4H3,(H,21,22). The molecule has 2 rings (SSSR count). The smallest absolute Gasteiger partial charge is 0.224 e. The Morgan fingerprint density at radius 3 is 2.46 bits per heavy atom. The number of anilines is 1. The highest BCUT2D eigenvalue weighted by Gasteiger charge is 2.08. The van der Waals surface area contributed by atoms with Crippen LogP contribution in [0.2, 0.25) is 0 Å². The van der Waals surface area contributed by atoms with Gasteiger partial charge in [0.2, 0.25) is 5.91 Å². The molecule has 0 heterocycles. The second kappa shape index (κ2) is 8.39. The van der Waals surface area contributed by atoms with Crippen molar-refractivity contribution < 1.29 is 14.3 Å². The van der Waals surface area contributed by atoms with E-state index in [0.29, 0.717) is 30.9 Å². The Balaban J connectivity index is 1.81. The van der Waals surface area contributed by atoms with E-state index in [2.05, 4.69) is 11.4 Å². The molecule has 0 atom stereocenters. The summed E-state index contributed by atoms with van der Waals surface area (Å²) < 4.78 is 11.0. The average molecular weight is 327 g/mol.